The molecule has 2 N–H and O–H groups in total. The van der Waals surface area contributed by atoms with Gasteiger partial charge in [-0.2, -0.15) is 0 Å². The first kappa shape index (κ1) is 22.2. The van der Waals surface area contributed by atoms with Crippen LogP contribution in [0.5, 0.6) is 11.5 Å². The molecule has 0 spiro atoms. The van der Waals surface area contributed by atoms with E-state index in [2.05, 4.69) is 14.9 Å². The second-order valence-electron chi connectivity index (χ2n) is 7.41. The molecule has 0 unspecified atom stereocenters. The first-order chi connectivity index (χ1) is 15.4. The minimum atomic E-state index is -0.518. The molecule has 0 radical (unpaired) electrons. The quantitative estimate of drug-likeness (QED) is 0.323. The molecular formula is C23H21Cl2N3O4. The van der Waals surface area contributed by atoms with Crippen molar-refractivity contribution in [3.05, 3.63) is 59.9 Å². The van der Waals surface area contributed by atoms with Gasteiger partial charge in [-0.15, -0.1) is 0 Å². The second kappa shape index (κ2) is 9.65. The molecular weight excluding hydrogens is 453 g/mol. The summed E-state index contributed by atoms with van der Waals surface area (Å²) in [5.41, 5.74) is 2.39. The lowest BCUT2D eigenvalue weighted by molar-refractivity contribution is 0.107. The van der Waals surface area contributed by atoms with Crippen LogP contribution in [0.1, 0.15) is 21.0 Å². The zero-order chi connectivity index (χ0) is 22.7. The molecule has 4 rings (SSSR count). The van der Waals surface area contributed by atoms with Crippen LogP contribution in [0, 0.1) is 0 Å². The van der Waals surface area contributed by atoms with E-state index in [0.717, 1.165) is 46.4 Å². The molecule has 4 aromatic rings. The summed E-state index contributed by atoms with van der Waals surface area (Å²) in [5, 5.41) is 0.705. The zero-order valence-electron chi connectivity index (χ0n) is 17.3. The van der Waals surface area contributed by atoms with Crippen molar-refractivity contribution < 1.29 is 19.1 Å². The Morgan fingerprint density at radius 2 is 1.22 bits per heavy atom. The van der Waals surface area contributed by atoms with E-state index in [1.807, 2.05) is 43.4 Å². The van der Waals surface area contributed by atoms with Gasteiger partial charge in [0.1, 0.15) is 24.7 Å². The minimum Gasteiger partial charge on any atom is -0.492 e. The predicted octanol–water partition coefficient (Wildman–Crippen LogP) is 4.80. The molecule has 2 aromatic carbocycles. The number of carbonyl (C=O) groups is 2. The molecule has 2 heterocycles. The normalized spacial score (nSPS) is 11.4. The molecule has 0 saturated carbocycles. The van der Waals surface area contributed by atoms with Gasteiger partial charge in [-0.3, -0.25) is 14.5 Å². The number of halogens is 2. The maximum Gasteiger partial charge on any atom is 0.268 e. The van der Waals surface area contributed by atoms with Gasteiger partial charge in [0, 0.05) is 34.9 Å². The van der Waals surface area contributed by atoms with Crippen molar-refractivity contribution in [2.24, 2.45) is 0 Å². The van der Waals surface area contributed by atoms with Gasteiger partial charge in [-0.05, 0) is 78.8 Å². The first-order valence-electron chi connectivity index (χ1n) is 9.98. The molecule has 0 aliphatic rings. The van der Waals surface area contributed by atoms with Crippen LogP contribution in [0.4, 0.5) is 0 Å². The van der Waals surface area contributed by atoms with Gasteiger partial charge >= 0.3 is 0 Å². The summed E-state index contributed by atoms with van der Waals surface area (Å²) in [7, 11) is 1.99. The lowest BCUT2D eigenvalue weighted by atomic mass is 10.2. The molecule has 7 nitrogen and oxygen atoms in total. The summed E-state index contributed by atoms with van der Waals surface area (Å²) in [4.78, 5) is 30.6. The molecule has 0 atom stereocenters. The maximum atomic E-state index is 11.3. The fourth-order valence-corrected chi connectivity index (χ4v) is 3.57. The van der Waals surface area contributed by atoms with E-state index in [-0.39, 0.29) is 0 Å². The largest absolute Gasteiger partial charge is 0.492 e. The highest BCUT2D eigenvalue weighted by molar-refractivity contribution is 6.68. The Hall–Kier alpha value is -3.00. The fraction of sp³-hybridized carbons (Fsp3) is 0.217. The van der Waals surface area contributed by atoms with Crippen LogP contribution in [-0.2, 0) is 0 Å². The van der Waals surface area contributed by atoms with E-state index in [9.17, 15) is 9.59 Å². The van der Waals surface area contributed by atoms with E-state index in [4.69, 9.17) is 32.7 Å². The van der Waals surface area contributed by atoms with Gasteiger partial charge in [-0.1, -0.05) is 0 Å². The number of ether oxygens (including phenoxy) is 2. The number of H-pyrrole nitrogens is 2. The average Bonchev–Trinajstić information content (AvgIpc) is 3.37. The lowest BCUT2D eigenvalue weighted by Gasteiger charge is -2.17. The SMILES string of the molecule is CN(CCOc1ccc2[nH]c(C(=O)Cl)cc2c1)CCOc1ccc2[nH]c(C(=O)Cl)cc2c1. The Morgan fingerprint density at radius 1 is 0.781 bits per heavy atom. The highest BCUT2D eigenvalue weighted by atomic mass is 35.5. The van der Waals surface area contributed by atoms with E-state index in [0.29, 0.717) is 24.6 Å². The Balaban J connectivity index is 1.22. The van der Waals surface area contributed by atoms with Crippen molar-refractivity contribution >= 4 is 55.5 Å². The van der Waals surface area contributed by atoms with Crippen LogP contribution in [0.2, 0.25) is 0 Å². The smallest absolute Gasteiger partial charge is 0.268 e. The lowest BCUT2D eigenvalue weighted by Crippen LogP contribution is -2.28. The van der Waals surface area contributed by atoms with Crippen LogP contribution in [0.15, 0.2) is 48.5 Å². The third kappa shape index (κ3) is 5.24. The van der Waals surface area contributed by atoms with E-state index in [1.54, 1.807) is 12.1 Å². The summed E-state index contributed by atoms with van der Waals surface area (Å²) < 4.78 is 11.7. The summed E-state index contributed by atoms with van der Waals surface area (Å²) >= 11 is 11.0. The van der Waals surface area contributed by atoms with Gasteiger partial charge in [0.15, 0.2) is 0 Å². The van der Waals surface area contributed by atoms with Crippen molar-refractivity contribution in [2.45, 2.75) is 0 Å². The second-order valence-corrected chi connectivity index (χ2v) is 8.10. The molecule has 9 heteroatoms. The number of rotatable bonds is 10. The number of hydrogen-bond donors (Lipinski definition) is 2. The molecule has 0 amide bonds. The van der Waals surface area contributed by atoms with Gasteiger partial charge in [0.05, 0.1) is 11.4 Å². The molecule has 166 valence electrons. The molecule has 0 bridgehead atoms. The third-order valence-electron chi connectivity index (χ3n) is 5.09. The van der Waals surface area contributed by atoms with Gasteiger partial charge in [0.25, 0.3) is 10.5 Å². The fourth-order valence-electron chi connectivity index (χ4n) is 3.36. The van der Waals surface area contributed by atoms with Crippen LogP contribution < -0.4 is 9.47 Å². The van der Waals surface area contributed by atoms with E-state index < -0.39 is 10.5 Å². The Bertz CT molecular complexity index is 1180. The van der Waals surface area contributed by atoms with Crippen LogP contribution in [-0.4, -0.2) is 58.7 Å². The number of carbonyl (C=O) groups excluding carboxylic acids is 2. The number of nitrogens with one attached hydrogen (secondary N) is 2. The topological polar surface area (TPSA) is 87.4 Å². The monoisotopic (exact) mass is 473 g/mol. The van der Waals surface area contributed by atoms with Crippen molar-refractivity contribution in [2.75, 3.05) is 33.4 Å². The Labute approximate surface area is 194 Å². The molecule has 0 aliphatic carbocycles. The molecule has 0 aliphatic heterocycles. The van der Waals surface area contributed by atoms with E-state index in [1.165, 1.54) is 0 Å². The number of likely N-dealkylation sites (N-methyl/N-ethyl adjacent to an activating group) is 1. The minimum absolute atomic E-state index is 0.363. The van der Waals surface area contributed by atoms with Crippen molar-refractivity contribution in [1.29, 1.82) is 0 Å². The number of fused-ring (bicyclic) bond motifs is 2. The van der Waals surface area contributed by atoms with Gasteiger partial charge in [-0.25, -0.2) is 0 Å². The average molecular weight is 474 g/mol. The summed E-state index contributed by atoms with van der Waals surface area (Å²) in [6.07, 6.45) is 0. The summed E-state index contributed by atoms with van der Waals surface area (Å²) in [6.45, 7) is 2.46. The third-order valence-corrected chi connectivity index (χ3v) is 5.50. The highest BCUT2D eigenvalue weighted by Crippen LogP contribution is 2.23. The number of nitrogens with zero attached hydrogens (tertiary/aromatic N) is 1. The Morgan fingerprint density at radius 3 is 1.62 bits per heavy atom. The Kier molecular flexibility index (Phi) is 6.69. The first-order valence-corrected chi connectivity index (χ1v) is 10.7. The van der Waals surface area contributed by atoms with Crippen molar-refractivity contribution in [1.82, 2.24) is 14.9 Å². The predicted molar refractivity (Wildman–Crippen MR) is 125 cm³/mol. The number of aromatic amines is 2. The van der Waals surface area contributed by atoms with E-state index >= 15 is 0 Å². The van der Waals surface area contributed by atoms with Crippen LogP contribution in [0.25, 0.3) is 21.8 Å². The maximum absolute atomic E-state index is 11.3. The van der Waals surface area contributed by atoms with Crippen LogP contribution >= 0.6 is 23.2 Å². The van der Waals surface area contributed by atoms with Gasteiger partial charge < -0.3 is 19.4 Å². The number of benzene rings is 2. The number of aromatic nitrogens is 2. The molecule has 2 aromatic heterocycles. The summed E-state index contributed by atoms with van der Waals surface area (Å²) in [6, 6.07) is 14.6. The molecule has 32 heavy (non-hydrogen) atoms. The molecule has 0 saturated heterocycles. The number of hydrogen-bond acceptors (Lipinski definition) is 5. The van der Waals surface area contributed by atoms with Crippen LogP contribution in [0.3, 0.4) is 0 Å². The van der Waals surface area contributed by atoms with Gasteiger partial charge in [0.2, 0.25) is 0 Å². The molecule has 0 fully saturated rings. The zero-order valence-corrected chi connectivity index (χ0v) is 18.8. The van der Waals surface area contributed by atoms with Crippen molar-refractivity contribution in [3.63, 3.8) is 0 Å². The van der Waals surface area contributed by atoms with Crippen molar-refractivity contribution in [3.8, 4) is 11.5 Å². The highest BCUT2D eigenvalue weighted by Gasteiger charge is 2.09. The standard InChI is InChI=1S/C23H21Cl2N3O4/c1-28(6-8-31-16-2-4-18-14(10-16)12-20(26-18)22(24)29)7-9-32-17-3-5-19-15(11-17)13-21(27-19)23(25)30/h2-5,10-13,26-27H,6-9H2,1H3. The summed E-state index contributed by atoms with van der Waals surface area (Å²) in [5.74, 6) is 1.45.